The number of Topliss-reactive ketones (excluding diaryl/α,β-unsaturated/α-hetero) is 1. The molecule has 1 aliphatic carbocycles. The van der Waals surface area contributed by atoms with Crippen molar-refractivity contribution in [3.8, 4) is 11.5 Å². The molecule has 190 valence electrons. The van der Waals surface area contributed by atoms with Gasteiger partial charge in [-0.3, -0.25) is 9.59 Å². The van der Waals surface area contributed by atoms with E-state index >= 15 is 0 Å². The Bertz CT molecular complexity index is 1440. The lowest BCUT2D eigenvalue weighted by Gasteiger charge is -2.30. The van der Waals surface area contributed by atoms with E-state index in [1.807, 2.05) is 60.7 Å². The van der Waals surface area contributed by atoms with Crippen LogP contribution in [0.3, 0.4) is 0 Å². The Hall–Kier alpha value is -4.91. The van der Waals surface area contributed by atoms with Gasteiger partial charge in [-0.1, -0.05) is 84.9 Å². The van der Waals surface area contributed by atoms with E-state index in [1.54, 1.807) is 24.3 Å². The van der Waals surface area contributed by atoms with E-state index in [2.05, 4.69) is 5.32 Å². The van der Waals surface area contributed by atoms with Gasteiger partial charge in [0.25, 0.3) is 0 Å². The van der Waals surface area contributed by atoms with Crippen molar-refractivity contribution in [3.05, 3.63) is 130 Å². The van der Waals surface area contributed by atoms with Crippen molar-refractivity contribution in [2.45, 2.75) is 25.0 Å². The van der Waals surface area contributed by atoms with Crippen LogP contribution in [0.2, 0.25) is 0 Å². The number of ether oxygens (including phenoxy) is 1. The lowest BCUT2D eigenvalue weighted by molar-refractivity contribution is -0.121. The molecule has 0 radical (unpaired) electrons. The molecule has 1 aliphatic rings. The van der Waals surface area contributed by atoms with Crippen LogP contribution in [0.4, 0.5) is 4.79 Å². The second kappa shape index (κ2) is 10.6. The van der Waals surface area contributed by atoms with Gasteiger partial charge in [0, 0.05) is 0 Å². The molecule has 0 saturated heterocycles. The quantitative estimate of drug-likeness (QED) is 0.329. The first kappa shape index (κ1) is 24.8. The standard InChI is InChI=1S/C31H25NO6/c33-24-15-7-13-21-26(22-14-8-16-25(34)28(22)30(36)27(21)24)29(35)23(17-19-9-3-1-4-10-19)32-31(37)38-18-20-11-5-2-6-12-20/h1-16,23,26,33-34H,17-18H2,(H,32,37)/t23-/m0/s1. The minimum Gasteiger partial charge on any atom is -0.507 e. The van der Waals surface area contributed by atoms with E-state index in [1.165, 1.54) is 12.1 Å². The van der Waals surface area contributed by atoms with Crippen LogP contribution in [0.25, 0.3) is 0 Å². The number of phenols is 2. The fraction of sp³-hybridized carbons (Fsp3) is 0.129. The predicted octanol–water partition coefficient (Wildman–Crippen LogP) is 4.88. The highest BCUT2D eigenvalue weighted by molar-refractivity contribution is 6.18. The van der Waals surface area contributed by atoms with Crippen LogP contribution in [0, 0.1) is 0 Å². The summed E-state index contributed by atoms with van der Waals surface area (Å²) in [5, 5.41) is 23.8. The van der Waals surface area contributed by atoms with Crippen LogP contribution in [-0.2, 0) is 22.6 Å². The molecule has 0 heterocycles. The largest absolute Gasteiger partial charge is 0.507 e. The number of amides is 1. The van der Waals surface area contributed by atoms with Crippen molar-refractivity contribution in [2.24, 2.45) is 0 Å². The van der Waals surface area contributed by atoms with E-state index in [0.717, 1.165) is 11.1 Å². The number of ketones is 2. The number of rotatable bonds is 7. The maximum Gasteiger partial charge on any atom is 0.408 e. The Morgan fingerprint density at radius 3 is 1.82 bits per heavy atom. The van der Waals surface area contributed by atoms with Crippen molar-refractivity contribution in [1.29, 1.82) is 0 Å². The number of phenolic OH excluding ortho intramolecular Hbond substituents is 2. The summed E-state index contributed by atoms with van der Waals surface area (Å²) in [6.45, 7) is 0.0320. The van der Waals surface area contributed by atoms with E-state index in [-0.39, 0.29) is 35.7 Å². The monoisotopic (exact) mass is 507 g/mol. The molecule has 4 aromatic rings. The number of hydrogen-bond acceptors (Lipinski definition) is 6. The van der Waals surface area contributed by atoms with Gasteiger partial charge in [0.15, 0.2) is 5.78 Å². The molecular weight excluding hydrogens is 482 g/mol. The number of alkyl carbamates (subject to hydrolysis) is 1. The molecule has 0 aliphatic heterocycles. The van der Waals surface area contributed by atoms with Crippen LogP contribution in [-0.4, -0.2) is 33.9 Å². The topological polar surface area (TPSA) is 113 Å². The average molecular weight is 508 g/mol. The third-order valence-electron chi connectivity index (χ3n) is 6.64. The number of carbonyl (C=O) groups excluding carboxylic acids is 3. The van der Waals surface area contributed by atoms with Gasteiger partial charge < -0.3 is 20.3 Å². The van der Waals surface area contributed by atoms with Crippen LogP contribution < -0.4 is 5.32 Å². The minimum atomic E-state index is -1.02. The van der Waals surface area contributed by atoms with Gasteiger partial charge in [0.2, 0.25) is 5.78 Å². The molecule has 0 aromatic heterocycles. The summed E-state index contributed by atoms with van der Waals surface area (Å²) >= 11 is 0. The maximum absolute atomic E-state index is 14.2. The molecule has 4 aromatic carbocycles. The SMILES string of the molecule is O=C(N[C@@H](Cc1ccccc1)C(=O)C1c2cccc(O)c2C(=O)c2c(O)cccc21)OCc1ccccc1. The molecule has 1 amide bonds. The maximum atomic E-state index is 14.2. The lowest BCUT2D eigenvalue weighted by atomic mass is 9.73. The van der Waals surface area contributed by atoms with Crippen molar-refractivity contribution < 1.29 is 29.3 Å². The average Bonchev–Trinajstić information content (AvgIpc) is 2.92. The summed E-state index contributed by atoms with van der Waals surface area (Å²) in [5.74, 6) is -2.55. The smallest absolute Gasteiger partial charge is 0.408 e. The van der Waals surface area contributed by atoms with Gasteiger partial charge in [-0.05, 0) is 40.8 Å². The van der Waals surface area contributed by atoms with E-state index < -0.39 is 29.6 Å². The van der Waals surface area contributed by atoms with Crippen LogP contribution >= 0.6 is 0 Å². The summed E-state index contributed by atoms with van der Waals surface area (Å²) in [5.41, 5.74) is 2.17. The minimum absolute atomic E-state index is 0.0320. The van der Waals surface area contributed by atoms with Crippen molar-refractivity contribution in [1.82, 2.24) is 5.32 Å². The van der Waals surface area contributed by atoms with Gasteiger partial charge in [-0.15, -0.1) is 0 Å². The Morgan fingerprint density at radius 2 is 1.26 bits per heavy atom. The molecule has 3 N–H and O–H groups in total. The van der Waals surface area contributed by atoms with E-state index in [0.29, 0.717) is 11.1 Å². The molecule has 0 spiro atoms. The zero-order valence-electron chi connectivity index (χ0n) is 20.3. The molecule has 1 atom stereocenters. The van der Waals surface area contributed by atoms with Crippen molar-refractivity contribution in [3.63, 3.8) is 0 Å². The molecule has 0 bridgehead atoms. The van der Waals surface area contributed by atoms with Crippen LogP contribution in [0.1, 0.15) is 44.1 Å². The highest BCUT2D eigenvalue weighted by Gasteiger charge is 2.41. The molecule has 5 rings (SSSR count). The van der Waals surface area contributed by atoms with Crippen molar-refractivity contribution >= 4 is 17.7 Å². The Labute approximate surface area is 219 Å². The summed E-state index contributed by atoms with van der Waals surface area (Å²) in [7, 11) is 0. The number of carbonyl (C=O) groups is 3. The first-order valence-corrected chi connectivity index (χ1v) is 12.2. The van der Waals surface area contributed by atoms with Crippen LogP contribution in [0.5, 0.6) is 11.5 Å². The highest BCUT2D eigenvalue weighted by Crippen LogP contribution is 2.43. The Morgan fingerprint density at radius 1 is 0.737 bits per heavy atom. The summed E-state index contributed by atoms with van der Waals surface area (Å²) in [4.78, 5) is 40.3. The van der Waals surface area contributed by atoms with Gasteiger partial charge in [0.05, 0.1) is 23.1 Å². The van der Waals surface area contributed by atoms with Gasteiger partial charge in [-0.25, -0.2) is 4.79 Å². The molecule has 0 unspecified atom stereocenters. The third-order valence-corrected chi connectivity index (χ3v) is 6.64. The van der Waals surface area contributed by atoms with Crippen LogP contribution in [0.15, 0.2) is 97.1 Å². The number of fused-ring (bicyclic) bond motifs is 2. The normalized spacial score (nSPS) is 13.2. The number of nitrogens with one attached hydrogen (secondary N) is 1. The number of benzene rings is 4. The number of hydrogen-bond donors (Lipinski definition) is 3. The third kappa shape index (κ3) is 4.86. The molecule has 38 heavy (non-hydrogen) atoms. The summed E-state index contributed by atoms with van der Waals surface area (Å²) < 4.78 is 5.39. The zero-order valence-corrected chi connectivity index (χ0v) is 20.3. The molecule has 0 fully saturated rings. The second-order valence-electron chi connectivity index (χ2n) is 9.10. The first-order valence-electron chi connectivity index (χ1n) is 12.2. The van der Waals surface area contributed by atoms with E-state index in [4.69, 9.17) is 4.74 Å². The fourth-order valence-electron chi connectivity index (χ4n) is 4.87. The van der Waals surface area contributed by atoms with Gasteiger partial charge in [0.1, 0.15) is 18.1 Å². The highest BCUT2D eigenvalue weighted by atomic mass is 16.5. The molecule has 7 nitrogen and oxygen atoms in total. The predicted molar refractivity (Wildman–Crippen MR) is 140 cm³/mol. The lowest BCUT2D eigenvalue weighted by Crippen LogP contribution is -2.45. The van der Waals surface area contributed by atoms with Gasteiger partial charge in [-0.2, -0.15) is 0 Å². The second-order valence-corrected chi connectivity index (χ2v) is 9.10. The summed E-state index contributed by atoms with van der Waals surface area (Å²) in [6, 6.07) is 26.4. The van der Waals surface area contributed by atoms with Crippen molar-refractivity contribution in [2.75, 3.05) is 0 Å². The molecule has 7 heteroatoms. The Kier molecular flexibility index (Phi) is 6.91. The Balaban J connectivity index is 1.51. The first-order chi connectivity index (χ1) is 18.4. The number of aromatic hydroxyl groups is 2. The molecule has 0 saturated carbocycles. The zero-order chi connectivity index (χ0) is 26.6. The van der Waals surface area contributed by atoms with Gasteiger partial charge >= 0.3 is 6.09 Å². The summed E-state index contributed by atoms with van der Waals surface area (Å²) in [6.07, 6.45) is -0.588. The van der Waals surface area contributed by atoms with E-state index in [9.17, 15) is 24.6 Å². The molecular formula is C31H25NO6. The fourth-order valence-corrected chi connectivity index (χ4v) is 4.87.